The number of amides is 11. The van der Waals surface area contributed by atoms with Crippen LogP contribution in [0.3, 0.4) is 0 Å². The van der Waals surface area contributed by atoms with Crippen molar-refractivity contribution in [3.8, 4) is 0 Å². The maximum Gasteiger partial charge on any atom is 0.246 e. The highest BCUT2D eigenvalue weighted by Gasteiger charge is 2.46. The van der Waals surface area contributed by atoms with Gasteiger partial charge in [0.05, 0.1) is 12.2 Å². The number of nitrogens with zero attached hydrogens (tertiary/aromatic N) is 8. The summed E-state index contributed by atoms with van der Waals surface area (Å²) in [6.45, 7) is 31.8. The maximum absolute atomic E-state index is 15.3. The van der Waals surface area contributed by atoms with Gasteiger partial charge in [-0.2, -0.15) is 0 Å². The Labute approximate surface area is 563 Å². The minimum absolute atomic E-state index is 0.00614. The SMILES string of the molecule is C/C=C/C[C@@H](C)[C@@H](O)[C@H]1C(=O)N[C@@H](CC)C(=O)N(C)[C@H](C)C(=O)N(C)[C@@H]([C@H](C)CCN2CC[C@H](OC)C2)C(=O)N[C@@H](C(C)C)C(=O)N(C)[C@@H](CCC(C)C)C(=O)N[C@@H](C)C(=O)N[C@H](C)C(=O)N(C)[C@@H](CC(C)C)C(=O)N(C)[C@@H](CC(C)C)C(=O)N(C)[C@@H](C(C)C)C(=O)N1C. The zero-order valence-electron chi connectivity index (χ0n) is 61.9. The summed E-state index contributed by atoms with van der Waals surface area (Å²) in [4.78, 5) is 175. The zero-order valence-corrected chi connectivity index (χ0v) is 61.9. The minimum atomic E-state index is -1.63. The Morgan fingerprint density at radius 3 is 1.51 bits per heavy atom. The Bertz CT molecular complexity index is 2580. The van der Waals surface area contributed by atoms with E-state index >= 15 is 28.8 Å². The largest absolute Gasteiger partial charge is 0.390 e. The van der Waals surface area contributed by atoms with E-state index in [9.17, 15) is 29.1 Å². The number of hydrogen-bond acceptors (Lipinski definition) is 14. The number of likely N-dealkylation sites (tertiary alicyclic amines) is 1. The summed E-state index contributed by atoms with van der Waals surface area (Å²) in [5.74, 6) is -9.96. The van der Waals surface area contributed by atoms with E-state index in [1.165, 1.54) is 99.5 Å². The number of carbonyl (C=O) groups is 11. The number of ether oxygens (including phenoxy) is 1. The van der Waals surface area contributed by atoms with E-state index < -0.39 is 161 Å². The van der Waals surface area contributed by atoms with Crippen LogP contribution in [0.15, 0.2) is 12.2 Å². The van der Waals surface area contributed by atoms with Crippen molar-refractivity contribution in [3.05, 3.63) is 12.2 Å². The molecule has 0 aromatic rings. The molecule has 0 aliphatic carbocycles. The quantitative estimate of drug-likeness (QED) is 0.115. The van der Waals surface area contributed by atoms with Crippen LogP contribution in [0.5, 0.6) is 0 Å². The first kappa shape index (κ1) is 83.9. The lowest BCUT2D eigenvalue weighted by molar-refractivity contribution is -0.157. The number of likely N-dealkylation sites (N-methyl/N-ethyl adjacent to an activating group) is 7. The summed E-state index contributed by atoms with van der Waals surface area (Å²) in [5.41, 5.74) is 0. The van der Waals surface area contributed by atoms with Crippen molar-refractivity contribution >= 4 is 65.0 Å². The Kier molecular flexibility index (Phi) is 34.4. The summed E-state index contributed by atoms with van der Waals surface area (Å²) in [6, 6.07) is -13.8. The molecule has 0 unspecified atom stereocenters. The van der Waals surface area contributed by atoms with Crippen LogP contribution in [0.4, 0.5) is 0 Å². The van der Waals surface area contributed by atoms with Gasteiger partial charge in [0.15, 0.2) is 0 Å². The summed E-state index contributed by atoms with van der Waals surface area (Å²) in [5, 5.41) is 23.5. The van der Waals surface area contributed by atoms with Crippen LogP contribution < -0.4 is 21.3 Å². The monoisotopic (exact) mass is 1330 g/mol. The first-order valence-electron chi connectivity index (χ1n) is 34.3. The topological polar surface area (TPSA) is 291 Å². The fraction of sp³-hybridized carbons (Fsp3) is 0.812. The predicted molar refractivity (Wildman–Crippen MR) is 364 cm³/mol. The lowest BCUT2D eigenvalue weighted by Gasteiger charge is -2.41. The van der Waals surface area contributed by atoms with Gasteiger partial charge in [0, 0.05) is 69.5 Å². The van der Waals surface area contributed by atoms with Gasteiger partial charge in [0.25, 0.3) is 0 Å². The summed E-state index contributed by atoms with van der Waals surface area (Å²) >= 11 is 0. The number of nitrogens with one attached hydrogen (secondary N) is 4. The number of methoxy groups -OCH3 is 1. The fourth-order valence-corrected chi connectivity index (χ4v) is 12.6. The smallest absolute Gasteiger partial charge is 0.246 e. The normalized spacial score (nSPS) is 28.4. The third-order valence-electron chi connectivity index (χ3n) is 19.1. The second-order valence-corrected chi connectivity index (χ2v) is 28.8. The maximum atomic E-state index is 15.3. The summed E-state index contributed by atoms with van der Waals surface area (Å²) in [6.07, 6.45) is 4.64. The van der Waals surface area contributed by atoms with Crippen LogP contribution in [0.1, 0.15) is 169 Å². The standard InChI is InChI=1S/C69H124N12O13/c1-26-28-29-45(14)58(82)57-62(86)72-50(27-2)65(89)74(18)48(17)64(88)79(23)56(44(13)32-34-81-35-33-49(38-81)94-25)61(85)73-54(42(9)10)68(92)75(19)51(31-30-39(3)4)60(84)70-46(15)59(83)71-47(16)63(87)76(20)52(36-40(5)6)66(90)77(21)53(37-41(7)8)67(91)78(22)55(43(11)12)69(93)80(57)24/h26,28,39-58,82H,27,29-38H2,1-25H3,(H,70,84)(H,71,83)(H,72,86)(H,73,85)/b28-26+/t44-,45-,46+,47-,48-,49+,50+,51+,52+,53+,54+,55+,56+,57+,58-/m1/s1. The number of carbonyl (C=O) groups excluding carboxylic acids is 11. The van der Waals surface area contributed by atoms with Crippen LogP contribution in [0, 0.1) is 41.4 Å². The van der Waals surface area contributed by atoms with Gasteiger partial charge in [0.1, 0.15) is 66.5 Å². The van der Waals surface area contributed by atoms with Gasteiger partial charge in [-0.15, -0.1) is 0 Å². The molecule has 0 aromatic carbocycles. The van der Waals surface area contributed by atoms with Crippen molar-refractivity contribution in [2.24, 2.45) is 41.4 Å². The van der Waals surface area contributed by atoms with E-state index in [-0.39, 0.29) is 49.5 Å². The fourth-order valence-electron chi connectivity index (χ4n) is 12.6. The van der Waals surface area contributed by atoms with Crippen molar-refractivity contribution < 1.29 is 62.6 Å². The van der Waals surface area contributed by atoms with E-state index in [1.54, 1.807) is 61.7 Å². The van der Waals surface area contributed by atoms with Crippen molar-refractivity contribution in [1.82, 2.24) is 60.5 Å². The van der Waals surface area contributed by atoms with Gasteiger partial charge >= 0.3 is 0 Å². The van der Waals surface area contributed by atoms with Crippen LogP contribution in [-0.2, 0) is 57.5 Å². The van der Waals surface area contributed by atoms with Gasteiger partial charge in [-0.25, -0.2) is 0 Å². The molecule has 94 heavy (non-hydrogen) atoms. The minimum Gasteiger partial charge on any atom is -0.390 e. The highest BCUT2D eigenvalue weighted by atomic mass is 16.5. The Balaban J connectivity index is 3.05. The third kappa shape index (κ3) is 22.7. The number of allylic oxidation sites excluding steroid dienone is 2. The molecule has 15 atom stereocenters. The first-order valence-corrected chi connectivity index (χ1v) is 34.3. The number of hydrogen-bond donors (Lipinski definition) is 5. The van der Waals surface area contributed by atoms with Gasteiger partial charge in [-0.05, 0) is 127 Å². The molecular formula is C69H124N12O13. The number of rotatable bonds is 19. The molecule has 11 amide bonds. The molecule has 2 rings (SSSR count). The average molecular weight is 1330 g/mol. The molecule has 2 fully saturated rings. The van der Waals surface area contributed by atoms with Gasteiger partial charge < -0.3 is 70.3 Å². The lowest BCUT2D eigenvalue weighted by Crippen LogP contribution is -2.64. The molecule has 25 heteroatoms. The molecule has 2 saturated heterocycles. The summed E-state index contributed by atoms with van der Waals surface area (Å²) < 4.78 is 5.62. The number of aliphatic hydroxyl groups is 1. The van der Waals surface area contributed by atoms with E-state index in [0.717, 1.165) is 17.9 Å². The number of aliphatic hydroxyl groups excluding tert-OH is 1. The Hall–Kier alpha value is -6.21. The molecular weight excluding hydrogens is 1200 g/mol. The van der Waals surface area contributed by atoms with E-state index in [0.29, 0.717) is 32.4 Å². The van der Waals surface area contributed by atoms with Crippen LogP contribution in [-0.4, -0.2) is 264 Å². The molecule has 25 nitrogen and oxygen atoms in total. The lowest BCUT2D eigenvalue weighted by atomic mass is 9.91. The molecule has 538 valence electrons. The highest BCUT2D eigenvalue weighted by Crippen LogP contribution is 2.27. The van der Waals surface area contributed by atoms with Crippen LogP contribution in [0.2, 0.25) is 0 Å². The second kappa shape index (κ2) is 38.5. The average Bonchev–Trinajstić information content (AvgIpc) is 0.877. The van der Waals surface area contributed by atoms with Gasteiger partial charge in [0.2, 0.25) is 65.0 Å². The van der Waals surface area contributed by atoms with E-state index in [4.69, 9.17) is 4.74 Å². The molecule has 0 radical (unpaired) electrons. The molecule has 2 aliphatic rings. The van der Waals surface area contributed by atoms with Crippen LogP contribution in [0.25, 0.3) is 0 Å². The Morgan fingerprint density at radius 2 is 1.02 bits per heavy atom. The second-order valence-electron chi connectivity index (χ2n) is 28.8. The van der Waals surface area contributed by atoms with Crippen molar-refractivity contribution in [3.63, 3.8) is 0 Å². The van der Waals surface area contributed by atoms with E-state index in [2.05, 4.69) is 26.2 Å². The van der Waals surface area contributed by atoms with Gasteiger partial charge in [-0.3, -0.25) is 52.7 Å². The van der Waals surface area contributed by atoms with Crippen LogP contribution >= 0.6 is 0 Å². The molecule has 5 N–H and O–H groups in total. The van der Waals surface area contributed by atoms with Crippen molar-refractivity contribution in [1.29, 1.82) is 0 Å². The molecule has 0 saturated carbocycles. The third-order valence-corrected chi connectivity index (χ3v) is 19.1. The molecule has 0 spiro atoms. The van der Waals surface area contributed by atoms with Crippen molar-refractivity contribution in [2.45, 2.75) is 248 Å². The molecule has 0 bridgehead atoms. The van der Waals surface area contributed by atoms with E-state index in [1.807, 2.05) is 54.5 Å². The predicted octanol–water partition coefficient (Wildman–Crippen LogP) is 3.75. The Morgan fingerprint density at radius 1 is 0.521 bits per heavy atom. The molecule has 2 aliphatic heterocycles. The molecule has 0 aromatic heterocycles. The zero-order chi connectivity index (χ0) is 72.2. The summed E-state index contributed by atoms with van der Waals surface area (Å²) in [7, 11) is 11.7. The molecule has 2 heterocycles. The highest BCUT2D eigenvalue weighted by molar-refractivity contribution is 6.00. The van der Waals surface area contributed by atoms with Gasteiger partial charge in [-0.1, -0.05) is 102 Å². The van der Waals surface area contributed by atoms with Crippen molar-refractivity contribution in [2.75, 3.05) is 76.1 Å². The first-order chi connectivity index (χ1) is 43.6.